The minimum absolute atomic E-state index is 0.00926. The van der Waals surface area contributed by atoms with E-state index in [4.69, 9.17) is 22.4 Å². The number of rotatable bonds is 9. The number of methoxy groups -OCH3 is 1. The summed E-state index contributed by atoms with van der Waals surface area (Å²) in [5.74, 6) is -1.07. The van der Waals surface area contributed by atoms with Crippen molar-refractivity contribution in [1.82, 2.24) is 39.5 Å². The highest BCUT2D eigenvalue weighted by atomic mass is 35.5. The Hall–Kier alpha value is -8.78. The van der Waals surface area contributed by atoms with Crippen molar-refractivity contribution in [2.75, 3.05) is 28.8 Å². The number of esters is 1. The third-order valence-corrected chi connectivity index (χ3v) is 9.34. The average molecular weight is 947 g/mol. The summed E-state index contributed by atoms with van der Waals surface area (Å²) < 4.78 is 46.2. The van der Waals surface area contributed by atoms with Gasteiger partial charge in [0.2, 0.25) is 17.2 Å². The Labute approximate surface area is 392 Å². The number of hydrogen-bond acceptors (Lipinski definition) is 14. The van der Waals surface area contributed by atoms with Crippen molar-refractivity contribution in [3.63, 3.8) is 0 Å². The molecule has 0 aliphatic rings. The highest BCUT2D eigenvalue weighted by Crippen LogP contribution is 2.33. The molecule has 6 N–H and O–H groups in total. The number of carbonyl (C=O) groups excluding carboxylic acids is 2. The van der Waals surface area contributed by atoms with Crippen LogP contribution in [0.4, 0.5) is 47.8 Å². The van der Waals surface area contributed by atoms with Crippen LogP contribution in [-0.4, -0.2) is 69.5 Å². The number of aromatic carboxylic acids is 1. The number of aromatic nitrogens is 8. The summed E-state index contributed by atoms with van der Waals surface area (Å²) in [4.78, 5) is 62.0. The van der Waals surface area contributed by atoms with Gasteiger partial charge in [-0.2, -0.15) is 13.2 Å². The summed E-state index contributed by atoms with van der Waals surface area (Å²) in [6, 6.07) is 23.3. The van der Waals surface area contributed by atoms with Crippen LogP contribution in [0.2, 0.25) is 5.28 Å². The summed E-state index contributed by atoms with van der Waals surface area (Å²) in [5.41, 5.74) is 10.6. The Balaban J connectivity index is 0.000000199. The number of amides is 1. The van der Waals surface area contributed by atoms with Crippen molar-refractivity contribution in [3.05, 3.63) is 191 Å². The van der Waals surface area contributed by atoms with Crippen molar-refractivity contribution in [2.45, 2.75) is 26.9 Å². The lowest BCUT2D eigenvalue weighted by molar-refractivity contribution is -0.137. The van der Waals surface area contributed by atoms with Crippen molar-refractivity contribution in [3.8, 4) is 5.69 Å². The Bertz CT molecular complexity index is 2940. The van der Waals surface area contributed by atoms with Crippen molar-refractivity contribution in [1.29, 1.82) is 0 Å². The first-order valence-corrected chi connectivity index (χ1v) is 20.3. The van der Waals surface area contributed by atoms with E-state index in [2.05, 4.69) is 55.6 Å². The molecule has 68 heavy (non-hydrogen) atoms. The molecule has 4 heterocycles. The first-order chi connectivity index (χ1) is 32.5. The average Bonchev–Trinajstić information content (AvgIpc) is 3.88. The lowest BCUT2D eigenvalue weighted by Crippen LogP contribution is -2.14. The fourth-order valence-electron chi connectivity index (χ4n) is 5.53. The van der Waals surface area contributed by atoms with Crippen LogP contribution >= 0.6 is 11.6 Å². The number of benzene rings is 4. The molecule has 21 heteroatoms. The smallest absolute Gasteiger partial charge is 0.416 e. The molecule has 0 aliphatic carbocycles. The number of aryl methyl sites for hydroxylation is 3. The van der Waals surface area contributed by atoms with Gasteiger partial charge in [-0.15, -0.1) is 0 Å². The molecule has 8 aromatic rings. The Kier molecular flexibility index (Phi) is 17.7. The number of imidazole rings is 1. The number of carboxylic acids is 1. The number of anilines is 6. The number of carboxylic acid groups (broad SMARTS) is 1. The molecule has 0 fully saturated rings. The Morgan fingerprint density at radius 2 is 1.19 bits per heavy atom. The van der Waals surface area contributed by atoms with Crippen LogP contribution in [0.25, 0.3) is 5.69 Å². The molecule has 4 aromatic carbocycles. The molecule has 4 aromatic heterocycles. The first-order valence-electron chi connectivity index (χ1n) is 19.9. The van der Waals surface area contributed by atoms with E-state index in [1.165, 1.54) is 36.5 Å². The number of nitrogen functional groups attached to an aromatic ring is 1. The number of carbonyl (C=O) groups is 3. The standard InChI is InChI=1S/C22H17F3N6O.C12H11N3O2.C9H11NO2.C4H3ClN2/c1-14-3-4-15(9-19(14)30-21-27-5-2-6-28-21)20(32)29-17-10-16(22(23,24)25)11-18(12-17)31-8-7-26-13-31;1-8-3-4-9(11(16)17)7-10(8)15-12-13-5-2-6-14-12;1-6-3-4-7(5-8(6)10)9(11)12-2;5-4-6-2-1-3-7-4/h2-13H,1H3,(H,29,32)(H,27,28,30);2-7H,1H3,(H,16,17)(H,13,14,15);3-5H,10H2,1-2H3;1-3H. The van der Waals surface area contributed by atoms with Crippen LogP contribution in [0.3, 0.4) is 0 Å². The maximum atomic E-state index is 13.4. The second-order valence-electron chi connectivity index (χ2n) is 14.0. The van der Waals surface area contributed by atoms with Crippen molar-refractivity contribution in [2.24, 2.45) is 0 Å². The van der Waals surface area contributed by atoms with Gasteiger partial charge in [0.1, 0.15) is 0 Å². The van der Waals surface area contributed by atoms with Gasteiger partial charge in [0.15, 0.2) is 0 Å². The number of alkyl halides is 3. The molecule has 0 bridgehead atoms. The third-order valence-electron chi connectivity index (χ3n) is 9.15. The lowest BCUT2D eigenvalue weighted by Gasteiger charge is -2.14. The van der Waals surface area contributed by atoms with Gasteiger partial charge >= 0.3 is 18.1 Å². The van der Waals surface area contributed by atoms with Crippen LogP contribution in [0.5, 0.6) is 0 Å². The van der Waals surface area contributed by atoms with E-state index < -0.39 is 23.6 Å². The van der Waals surface area contributed by atoms with E-state index in [1.807, 2.05) is 20.8 Å². The van der Waals surface area contributed by atoms with Crippen LogP contribution < -0.4 is 21.7 Å². The third kappa shape index (κ3) is 15.2. The molecule has 1 amide bonds. The molecule has 348 valence electrons. The topological polar surface area (TPSA) is 238 Å². The van der Waals surface area contributed by atoms with Crippen molar-refractivity contribution >= 4 is 64.1 Å². The molecule has 0 atom stereocenters. The summed E-state index contributed by atoms with van der Waals surface area (Å²) >= 11 is 5.32. The van der Waals surface area contributed by atoms with E-state index in [0.29, 0.717) is 39.8 Å². The second-order valence-corrected chi connectivity index (χ2v) is 14.4. The molecule has 0 aliphatic heterocycles. The van der Waals surface area contributed by atoms with E-state index in [0.717, 1.165) is 28.8 Å². The fourth-order valence-corrected chi connectivity index (χ4v) is 5.65. The monoisotopic (exact) mass is 946 g/mol. The summed E-state index contributed by atoms with van der Waals surface area (Å²) in [6.45, 7) is 5.62. The second kappa shape index (κ2) is 23.9. The molecule has 0 spiro atoms. The zero-order valence-electron chi connectivity index (χ0n) is 36.6. The molecular weight excluding hydrogens is 905 g/mol. The molecule has 17 nitrogen and oxygen atoms in total. The Morgan fingerprint density at radius 1 is 0.676 bits per heavy atom. The summed E-state index contributed by atoms with van der Waals surface area (Å²) in [6.07, 6.45) is 9.35. The van der Waals surface area contributed by atoms with Crippen LogP contribution in [-0.2, 0) is 10.9 Å². The maximum absolute atomic E-state index is 13.4. The van der Waals surface area contributed by atoms with Gasteiger partial charge in [-0.25, -0.2) is 44.5 Å². The van der Waals surface area contributed by atoms with Gasteiger partial charge < -0.3 is 36.1 Å². The Morgan fingerprint density at radius 3 is 1.66 bits per heavy atom. The number of nitrogens with two attached hydrogens (primary N) is 1. The van der Waals surface area contributed by atoms with Crippen LogP contribution in [0.1, 0.15) is 53.3 Å². The van der Waals surface area contributed by atoms with Gasteiger partial charge in [0.05, 0.1) is 30.1 Å². The number of hydrogen-bond donors (Lipinski definition) is 5. The van der Waals surface area contributed by atoms with E-state index in [1.54, 1.807) is 110 Å². The predicted molar refractivity (Wildman–Crippen MR) is 250 cm³/mol. The van der Waals surface area contributed by atoms with Gasteiger partial charge in [-0.3, -0.25) is 4.79 Å². The molecular formula is C47H42ClF3N12O5. The van der Waals surface area contributed by atoms with Gasteiger partial charge in [-0.1, -0.05) is 18.2 Å². The minimum Gasteiger partial charge on any atom is -0.478 e. The molecule has 0 unspecified atom stereocenters. The molecule has 0 radical (unpaired) electrons. The summed E-state index contributed by atoms with van der Waals surface area (Å²) in [5, 5.41) is 17.8. The molecule has 8 rings (SSSR count). The van der Waals surface area contributed by atoms with Crippen LogP contribution in [0, 0.1) is 20.8 Å². The van der Waals surface area contributed by atoms with Gasteiger partial charge in [0.25, 0.3) is 5.91 Å². The summed E-state index contributed by atoms with van der Waals surface area (Å²) in [7, 11) is 1.35. The first kappa shape index (κ1) is 50.2. The fraction of sp³-hybridized carbons (Fsp3) is 0.106. The number of halogens is 4. The van der Waals surface area contributed by atoms with E-state index in [9.17, 15) is 27.6 Å². The maximum Gasteiger partial charge on any atom is 0.416 e. The molecule has 0 saturated carbocycles. The minimum atomic E-state index is -4.58. The van der Waals surface area contributed by atoms with Gasteiger partial charge in [0, 0.05) is 83.6 Å². The zero-order valence-corrected chi connectivity index (χ0v) is 37.4. The number of ether oxygens (including phenoxy) is 1. The highest BCUT2D eigenvalue weighted by Gasteiger charge is 2.31. The largest absolute Gasteiger partial charge is 0.478 e. The lowest BCUT2D eigenvalue weighted by atomic mass is 10.1. The number of nitrogens with one attached hydrogen (secondary N) is 3. The zero-order chi connectivity index (χ0) is 49.2. The van der Waals surface area contributed by atoms with Gasteiger partial charge in [-0.05, 0) is 122 Å². The number of nitrogens with zero attached hydrogens (tertiary/aromatic N) is 8. The van der Waals surface area contributed by atoms with Crippen molar-refractivity contribution < 1.29 is 37.4 Å². The normalized spacial score (nSPS) is 10.4. The highest BCUT2D eigenvalue weighted by molar-refractivity contribution is 6.28. The van der Waals surface area contributed by atoms with E-state index >= 15 is 0 Å². The van der Waals surface area contributed by atoms with E-state index in [-0.39, 0.29) is 28.5 Å². The predicted octanol–water partition coefficient (Wildman–Crippen LogP) is 9.71. The van der Waals surface area contributed by atoms with Crippen LogP contribution in [0.15, 0.2) is 147 Å². The quantitative estimate of drug-likeness (QED) is 0.0514. The molecule has 0 saturated heterocycles. The SMILES string of the molecule is COC(=O)c1ccc(C)c(N)c1.Cc1ccc(C(=O)Nc2cc(-n3ccnc3)cc(C(F)(F)F)c2)cc1Nc1ncccn1.Cc1ccc(C(=O)O)cc1Nc1ncccn1.Clc1ncccn1.